The lowest BCUT2D eigenvalue weighted by Crippen LogP contribution is -2.28. The van der Waals surface area contributed by atoms with Gasteiger partial charge in [0.15, 0.2) is 0 Å². The molecule has 4 aromatic rings. The number of halogens is 1. The van der Waals surface area contributed by atoms with Crippen LogP contribution >= 0.6 is 11.6 Å². The molecule has 0 unspecified atom stereocenters. The molecule has 3 N–H and O–H groups in total. The van der Waals surface area contributed by atoms with Gasteiger partial charge >= 0.3 is 0 Å². The van der Waals surface area contributed by atoms with Crippen molar-refractivity contribution >= 4 is 38.9 Å². The Balaban J connectivity index is 1.42. The first-order valence-electron chi connectivity index (χ1n) is 12.0. The fourth-order valence-corrected chi connectivity index (χ4v) is 5.39. The van der Waals surface area contributed by atoms with Crippen molar-refractivity contribution in [2.45, 2.75) is 4.90 Å². The first kappa shape index (κ1) is 27.8. The number of rotatable bonds is 11. The molecule has 202 valence electrons. The number of carbonyl (C=O) groups is 1. The molecule has 39 heavy (non-hydrogen) atoms. The van der Waals surface area contributed by atoms with Crippen LogP contribution in [-0.2, 0) is 10.0 Å². The van der Waals surface area contributed by atoms with E-state index in [-0.39, 0.29) is 16.6 Å². The Morgan fingerprint density at radius 1 is 0.821 bits per heavy atom. The maximum absolute atomic E-state index is 13.4. The van der Waals surface area contributed by atoms with E-state index in [4.69, 9.17) is 21.1 Å². The van der Waals surface area contributed by atoms with Crippen molar-refractivity contribution in [3.05, 3.63) is 102 Å². The largest absolute Gasteiger partial charge is 0.497 e. The van der Waals surface area contributed by atoms with E-state index in [0.29, 0.717) is 51.9 Å². The summed E-state index contributed by atoms with van der Waals surface area (Å²) in [5.41, 5.74) is 2.91. The smallest absolute Gasteiger partial charge is 0.265 e. The Morgan fingerprint density at radius 3 is 2.36 bits per heavy atom. The topological polar surface area (TPSA) is 106 Å². The molecule has 0 bridgehead atoms. The molecule has 0 aromatic heterocycles. The van der Waals surface area contributed by atoms with Crippen molar-refractivity contribution in [1.29, 1.82) is 0 Å². The van der Waals surface area contributed by atoms with E-state index in [1.807, 2.05) is 18.2 Å². The van der Waals surface area contributed by atoms with Crippen molar-refractivity contribution in [1.82, 2.24) is 5.32 Å². The highest BCUT2D eigenvalue weighted by Crippen LogP contribution is 2.34. The summed E-state index contributed by atoms with van der Waals surface area (Å²) >= 11 is 6.33. The lowest BCUT2D eigenvalue weighted by molar-refractivity contribution is 0.0955. The molecule has 0 spiro atoms. The summed E-state index contributed by atoms with van der Waals surface area (Å²) in [6, 6.07) is 25.9. The van der Waals surface area contributed by atoms with Gasteiger partial charge in [-0.2, -0.15) is 0 Å². The summed E-state index contributed by atoms with van der Waals surface area (Å²) in [6.45, 7) is 0.789. The number of benzene rings is 4. The monoisotopic (exact) mass is 565 g/mol. The molecule has 0 fully saturated rings. The molecule has 0 aliphatic carbocycles. The fourth-order valence-electron chi connectivity index (χ4n) is 3.90. The zero-order chi connectivity index (χ0) is 27.8. The van der Waals surface area contributed by atoms with Gasteiger partial charge in [0.05, 0.1) is 19.9 Å². The standard InChI is InChI=1S/C29H28ClN3O5S/c1-37-24-10-5-7-21(17-24)29(34)32-16-15-31-22-8-6-9-23(19-22)33-39(35,36)28-18-20(13-14-27(28)38-2)25-11-3-4-12-26(25)30/h3-14,17-19,31,33H,15-16H2,1-2H3,(H,32,34). The van der Waals surface area contributed by atoms with Gasteiger partial charge in [-0.25, -0.2) is 8.42 Å². The molecule has 0 aliphatic rings. The average Bonchev–Trinajstić information content (AvgIpc) is 2.95. The molecule has 4 rings (SSSR count). The van der Waals surface area contributed by atoms with Gasteiger partial charge in [0, 0.05) is 34.9 Å². The number of carbonyl (C=O) groups excluding carboxylic acids is 1. The Hall–Kier alpha value is -4.21. The zero-order valence-corrected chi connectivity index (χ0v) is 23.0. The Labute approximate surface area is 233 Å². The molecule has 0 radical (unpaired) electrons. The fraction of sp³-hybridized carbons (Fsp3) is 0.138. The van der Waals surface area contributed by atoms with Crippen LogP contribution in [0.25, 0.3) is 11.1 Å². The van der Waals surface area contributed by atoms with Gasteiger partial charge in [-0.05, 0) is 60.2 Å². The Kier molecular flexibility index (Phi) is 8.96. The number of hydrogen-bond acceptors (Lipinski definition) is 6. The molecule has 1 amide bonds. The molecule has 4 aromatic carbocycles. The number of ether oxygens (including phenoxy) is 2. The van der Waals surface area contributed by atoms with Crippen molar-refractivity contribution in [3.8, 4) is 22.6 Å². The normalized spacial score (nSPS) is 10.9. The Morgan fingerprint density at radius 2 is 1.59 bits per heavy atom. The van der Waals surface area contributed by atoms with Crippen LogP contribution in [0.5, 0.6) is 11.5 Å². The number of methoxy groups -OCH3 is 2. The lowest BCUT2D eigenvalue weighted by atomic mass is 10.1. The highest BCUT2D eigenvalue weighted by atomic mass is 35.5. The molecular formula is C29H28ClN3O5S. The van der Waals surface area contributed by atoms with Gasteiger partial charge in [0.25, 0.3) is 15.9 Å². The third-order valence-corrected chi connectivity index (χ3v) is 7.56. The second kappa shape index (κ2) is 12.6. The number of amides is 1. The van der Waals surface area contributed by atoms with Crippen LogP contribution in [-0.4, -0.2) is 41.6 Å². The van der Waals surface area contributed by atoms with E-state index in [9.17, 15) is 13.2 Å². The summed E-state index contributed by atoms with van der Waals surface area (Å²) in [5.74, 6) is 0.595. The van der Waals surface area contributed by atoms with E-state index in [1.165, 1.54) is 13.2 Å². The first-order chi connectivity index (χ1) is 18.8. The van der Waals surface area contributed by atoms with Crippen LogP contribution in [0.2, 0.25) is 5.02 Å². The predicted octanol–water partition coefficient (Wildman–Crippen LogP) is 5.67. The molecule has 0 saturated heterocycles. The molecule has 8 nitrogen and oxygen atoms in total. The van der Waals surface area contributed by atoms with Gasteiger partial charge in [-0.15, -0.1) is 0 Å². The van der Waals surface area contributed by atoms with Crippen molar-refractivity contribution in [2.24, 2.45) is 0 Å². The minimum Gasteiger partial charge on any atom is -0.497 e. The first-order valence-corrected chi connectivity index (χ1v) is 13.9. The minimum atomic E-state index is -4.00. The summed E-state index contributed by atoms with van der Waals surface area (Å²) in [7, 11) is -1.04. The molecule has 0 atom stereocenters. The van der Waals surface area contributed by atoms with E-state index in [0.717, 1.165) is 0 Å². The number of sulfonamides is 1. The lowest BCUT2D eigenvalue weighted by Gasteiger charge is -2.15. The van der Waals surface area contributed by atoms with Crippen LogP contribution in [0.3, 0.4) is 0 Å². The van der Waals surface area contributed by atoms with E-state index in [1.54, 1.807) is 73.8 Å². The van der Waals surface area contributed by atoms with Gasteiger partial charge in [-0.1, -0.05) is 48.0 Å². The second-order valence-electron chi connectivity index (χ2n) is 8.45. The van der Waals surface area contributed by atoms with Crippen LogP contribution in [0.1, 0.15) is 10.4 Å². The maximum atomic E-state index is 13.4. The van der Waals surface area contributed by atoms with Crippen molar-refractivity contribution < 1.29 is 22.7 Å². The summed E-state index contributed by atoms with van der Waals surface area (Å²) < 4.78 is 39.9. The number of anilines is 2. The molecular weight excluding hydrogens is 538 g/mol. The Bertz CT molecular complexity index is 1580. The highest BCUT2D eigenvalue weighted by molar-refractivity contribution is 7.92. The van der Waals surface area contributed by atoms with Gasteiger partial charge in [0.1, 0.15) is 16.4 Å². The summed E-state index contributed by atoms with van der Waals surface area (Å²) in [4.78, 5) is 12.4. The predicted molar refractivity (Wildman–Crippen MR) is 155 cm³/mol. The third-order valence-electron chi connectivity index (χ3n) is 5.82. The maximum Gasteiger partial charge on any atom is 0.265 e. The van der Waals surface area contributed by atoms with Crippen LogP contribution in [0.15, 0.2) is 95.9 Å². The van der Waals surface area contributed by atoms with Crippen molar-refractivity contribution in [2.75, 3.05) is 37.3 Å². The second-order valence-corrected chi connectivity index (χ2v) is 10.5. The highest BCUT2D eigenvalue weighted by Gasteiger charge is 2.21. The quantitative estimate of drug-likeness (QED) is 0.202. The van der Waals surface area contributed by atoms with E-state index in [2.05, 4.69) is 15.4 Å². The molecule has 0 heterocycles. The van der Waals surface area contributed by atoms with E-state index < -0.39 is 10.0 Å². The van der Waals surface area contributed by atoms with Gasteiger partial charge in [0.2, 0.25) is 0 Å². The van der Waals surface area contributed by atoms with Crippen molar-refractivity contribution in [3.63, 3.8) is 0 Å². The number of nitrogens with one attached hydrogen (secondary N) is 3. The van der Waals surface area contributed by atoms with Crippen LogP contribution in [0, 0.1) is 0 Å². The molecule has 10 heteroatoms. The van der Waals surface area contributed by atoms with E-state index >= 15 is 0 Å². The average molecular weight is 566 g/mol. The summed E-state index contributed by atoms with van der Waals surface area (Å²) in [6.07, 6.45) is 0. The zero-order valence-electron chi connectivity index (χ0n) is 21.4. The van der Waals surface area contributed by atoms with Gasteiger partial charge < -0.3 is 20.1 Å². The van der Waals surface area contributed by atoms with Crippen LogP contribution in [0.4, 0.5) is 11.4 Å². The SMILES string of the molecule is COc1cccc(C(=O)NCCNc2cccc(NS(=O)(=O)c3cc(-c4ccccc4Cl)ccc3OC)c2)c1. The van der Waals surface area contributed by atoms with Gasteiger partial charge in [-0.3, -0.25) is 9.52 Å². The molecule has 0 saturated carbocycles. The minimum absolute atomic E-state index is 0.0129. The third kappa shape index (κ3) is 7.01. The van der Waals surface area contributed by atoms with Crippen LogP contribution < -0.4 is 24.8 Å². The number of hydrogen-bond donors (Lipinski definition) is 3. The summed E-state index contributed by atoms with van der Waals surface area (Å²) in [5, 5.41) is 6.54. The molecule has 0 aliphatic heterocycles.